The monoisotopic (exact) mass is 285 g/mol. The van der Waals surface area contributed by atoms with Crippen LogP contribution in [0, 0.1) is 0 Å². The van der Waals surface area contributed by atoms with Crippen LogP contribution in [-0.4, -0.2) is 37.3 Å². The highest BCUT2D eigenvalue weighted by Gasteiger charge is 2.32. The van der Waals surface area contributed by atoms with Crippen LogP contribution in [0.1, 0.15) is 36.2 Å². The SMILES string of the molecule is CCN(Cc1cn(C)nn1)C(=O)C1CCc2cccnc21. The van der Waals surface area contributed by atoms with Crippen molar-refractivity contribution in [2.45, 2.75) is 32.2 Å². The van der Waals surface area contributed by atoms with Gasteiger partial charge in [0, 0.05) is 26.0 Å². The zero-order valence-electron chi connectivity index (χ0n) is 12.4. The molecule has 21 heavy (non-hydrogen) atoms. The van der Waals surface area contributed by atoms with Crippen molar-refractivity contribution >= 4 is 5.91 Å². The average molecular weight is 285 g/mol. The highest BCUT2D eigenvalue weighted by molar-refractivity contribution is 5.84. The first-order chi connectivity index (χ1) is 10.2. The van der Waals surface area contributed by atoms with Gasteiger partial charge in [-0.1, -0.05) is 11.3 Å². The standard InChI is InChI=1S/C15H19N5O/c1-3-20(10-12-9-19(2)18-17-12)15(21)13-7-6-11-5-4-8-16-14(11)13/h4-5,8-9,13H,3,6-7,10H2,1-2H3. The molecule has 1 aliphatic carbocycles. The predicted octanol–water partition coefficient (Wildman–Crippen LogP) is 1.29. The van der Waals surface area contributed by atoms with Gasteiger partial charge in [0.2, 0.25) is 5.91 Å². The molecule has 0 spiro atoms. The van der Waals surface area contributed by atoms with Crippen LogP contribution in [0.15, 0.2) is 24.5 Å². The number of aryl methyl sites for hydroxylation is 2. The summed E-state index contributed by atoms with van der Waals surface area (Å²) >= 11 is 0. The van der Waals surface area contributed by atoms with E-state index in [9.17, 15) is 4.79 Å². The Hall–Kier alpha value is -2.24. The fraction of sp³-hybridized carbons (Fsp3) is 0.467. The van der Waals surface area contributed by atoms with E-state index in [2.05, 4.69) is 21.4 Å². The number of fused-ring (bicyclic) bond motifs is 1. The van der Waals surface area contributed by atoms with Crippen LogP contribution in [0.5, 0.6) is 0 Å². The molecule has 3 rings (SSSR count). The molecular weight excluding hydrogens is 266 g/mol. The van der Waals surface area contributed by atoms with Gasteiger partial charge in [-0.25, -0.2) is 0 Å². The summed E-state index contributed by atoms with van der Waals surface area (Å²) in [5.41, 5.74) is 2.96. The Kier molecular flexibility index (Phi) is 3.68. The van der Waals surface area contributed by atoms with E-state index in [0.717, 1.165) is 24.2 Å². The zero-order valence-corrected chi connectivity index (χ0v) is 12.4. The fourth-order valence-corrected chi connectivity index (χ4v) is 2.88. The molecule has 1 unspecified atom stereocenters. The number of likely N-dealkylation sites (N-methyl/N-ethyl adjacent to an activating group) is 1. The number of pyridine rings is 1. The molecule has 0 bridgehead atoms. The highest BCUT2D eigenvalue weighted by Crippen LogP contribution is 2.32. The number of aromatic nitrogens is 4. The van der Waals surface area contributed by atoms with Gasteiger partial charge in [-0.15, -0.1) is 5.10 Å². The first-order valence-corrected chi connectivity index (χ1v) is 7.26. The van der Waals surface area contributed by atoms with Crippen LogP contribution < -0.4 is 0 Å². The summed E-state index contributed by atoms with van der Waals surface area (Å²) in [6.45, 7) is 3.15. The van der Waals surface area contributed by atoms with Gasteiger partial charge in [-0.3, -0.25) is 14.5 Å². The smallest absolute Gasteiger partial charge is 0.232 e. The Bertz CT molecular complexity index is 651. The summed E-state index contributed by atoms with van der Waals surface area (Å²) < 4.78 is 1.65. The summed E-state index contributed by atoms with van der Waals surface area (Å²) in [6.07, 6.45) is 5.39. The number of carbonyl (C=O) groups is 1. The molecule has 0 radical (unpaired) electrons. The first kappa shape index (κ1) is 13.7. The molecule has 6 nitrogen and oxygen atoms in total. The zero-order chi connectivity index (χ0) is 14.8. The van der Waals surface area contributed by atoms with E-state index in [-0.39, 0.29) is 11.8 Å². The summed E-state index contributed by atoms with van der Waals surface area (Å²) in [5, 5.41) is 7.97. The van der Waals surface area contributed by atoms with Crippen LogP contribution >= 0.6 is 0 Å². The van der Waals surface area contributed by atoms with Gasteiger partial charge in [0.1, 0.15) is 5.69 Å². The third kappa shape index (κ3) is 2.66. The first-order valence-electron chi connectivity index (χ1n) is 7.26. The quantitative estimate of drug-likeness (QED) is 0.849. The van der Waals surface area contributed by atoms with Crippen LogP contribution in [0.25, 0.3) is 0 Å². The van der Waals surface area contributed by atoms with Crippen molar-refractivity contribution in [2.24, 2.45) is 7.05 Å². The predicted molar refractivity (Wildman–Crippen MR) is 77.4 cm³/mol. The van der Waals surface area contributed by atoms with Crippen molar-refractivity contribution in [3.05, 3.63) is 41.5 Å². The minimum absolute atomic E-state index is 0.113. The molecule has 2 aromatic rings. The normalized spacial score (nSPS) is 16.8. The Morgan fingerprint density at radius 1 is 1.52 bits per heavy atom. The molecular formula is C15H19N5O. The molecule has 1 atom stereocenters. The number of rotatable bonds is 4. The minimum Gasteiger partial charge on any atom is -0.336 e. The van der Waals surface area contributed by atoms with Gasteiger partial charge >= 0.3 is 0 Å². The highest BCUT2D eigenvalue weighted by atomic mass is 16.2. The number of nitrogens with zero attached hydrogens (tertiary/aromatic N) is 5. The van der Waals surface area contributed by atoms with Crippen molar-refractivity contribution in [1.29, 1.82) is 0 Å². The van der Waals surface area contributed by atoms with Gasteiger partial charge in [-0.05, 0) is 31.4 Å². The van der Waals surface area contributed by atoms with Crippen LogP contribution in [0.4, 0.5) is 0 Å². The Balaban J connectivity index is 1.77. The Morgan fingerprint density at radius 2 is 2.38 bits per heavy atom. The van der Waals surface area contributed by atoms with E-state index in [1.807, 2.05) is 31.1 Å². The van der Waals surface area contributed by atoms with Crippen LogP contribution in [-0.2, 0) is 24.8 Å². The lowest BCUT2D eigenvalue weighted by Crippen LogP contribution is -2.34. The van der Waals surface area contributed by atoms with E-state index in [1.165, 1.54) is 5.56 Å². The number of carbonyl (C=O) groups excluding carboxylic acids is 1. The lowest BCUT2D eigenvalue weighted by atomic mass is 10.0. The largest absolute Gasteiger partial charge is 0.336 e. The Labute approximate surface area is 123 Å². The number of hydrogen-bond acceptors (Lipinski definition) is 4. The second-order valence-electron chi connectivity index (χ2n) is 5.37. The van der Waals surface area contributed by atoms with Crippen molar-refractivity contribution < 1.29 is 4.79 Å². The van der Waals surface area contributed by atoms with E-state index < -0.39 is 0 Å². The van der Waals surface area contributed by atoms with E-state index >= 15 is 0 Å². The van der Waals surface area contributed by atoms with Gasteiger partial charge in [0.25, 0.3) is 0 Å². The minimum atomic E-state index is -0.113. The molecule has 0 saturated carbocycles. The van der Waals surface area contributed by atoms with Gasteiger partial charge in [0.05, 0.1) is 18.2 Å². The molecule has 0 fully saturated rings. The fourth-order valence-electron chi connectivity index (χ4n) is 2.88. The summed E-state index contributed by atoms with van der Waals surface area (Å²) in [4.78, 5) is 19.0. The summed E-state index contributed by atoms with van der Waals surface area (Å²) in [7, 11) is 1.83. The van der Waals surface area contributed by atoms with Crippen molar-refractivity contribution in [2.75, 3.05) is 6.54 Å². The maximum Gasteiger partial charge on any atom is 0.232 e. The molecule has 110 valence electrons. The van der Waals surface area contributed by atoms with E-state index in [1.54, 1.807) is 10.9 Å². The van der Waals surface area contributed by atoms with Crippen LogP contribution in [0.2, 0.25) is 0 Å². The average Bonchev–Trinajstić information content (AvgIpc) is 3.10. The number of amides is 1. The molecule has 0 aliphatic heterocycles. The third-order valence-electron chi connectivity index (χ3n) is 3.95. The number of hydrogen-bond donors (Lipinski definition) is 0. The summed E-state index contributed by atoms with van der Waals surface area (Å²) in [6, 6.07) is 4.00. The summed E-state index contributed by atoms with van der Waals surface area (Å²) in [5.74, 6) is 0.0263. The van der Waals surface area contributed by atoms with Crippen molar-refractivity contribution in [1.82, 2.24) is 24.9 Å². The maximum absolute atomic E-state index is 12.8. The molecule has 0 aromatic carbocycles. The molecule has 0 saturated heterocycles. The van der Waals surface area contributed by atoms with Crippen molar-refractivity contribution in [3.8, 4) is 0 Å². The van der Waals surface area contributed by atoms with Crippen LogP contribution in [0.3, 0.4) is 0 Å². The van der Waals surface area contributed by atoms with Gasteiger partial charge in [-0.2, -0.15) is 0 Å². The topological polar surface area (TPSA) is 63.9 Å². The van der Waals surface area contributed by atoms with E-state index in [4.69, 9.17) is 0 Å². The molecule has 2 heterocycles. The molecule has 1 aliphatic rings. The second-order valence-corrected chi connectivity index (χ2v) is 5.37. The lowest BCUT2D eigenvalue weighted by Gasteiger charge is -2.23. The molecule has 0 N–H and O–H groups in total. The maximum atomic E-state index is 12.8. The molecule has 1 amide bonds. The molecule has 2 aromatic heterocycles. The van der Waals surface area contributed by atoms with Gasteiger partial charge in [0.15, 0.2) is 0 Å². The molecule has 6 heteroatoms. The van der Waals surface area contributed by atoms with Gasteiger partial charge < -0.3 is 4.90 Å². The van der Waals surface area contributed by atoms with E-state index in [0.29, 0.717) is 13.1 Å². The van der Waals surface area contributed by atoms with Crippen molar-refractivity contribution in [3.63, 3.8) is 0 Å². The Morgan fingerprint density at radius 3 is 3.10 bits per heavy atom. The lowest BCUT2D eigenvalue weighted by molar-refractivity contribution is -0.133. The second kappa shape index (κ2) is 5.63. The third-order valence-corrected chi connectivity index (χ3v) is 3.95.